The molecule has 12 nitrogen and oxygen atoms in total. The minimum Gasteiger partial charge on any atom is -0.683 e. The van der Waals surface area contributed by atoms with Gasteiger partial charge in [0.05, 0.1) is 21.3 Å². The van der Waals surface area contributed by atoms with Crippen molar-refractivity contribution in [1.29, 1.82) is 0 Å². The van der Waals surface area contributed by atoms with Crippen LogP contribution in [0.5, 0.6) is 17.2 Å². The first-order valence-corrected chi connectivity index (χ1v) is 13.0. The van der Waals surface area contributed by atoms with Gasteiger partial charge in [0.25, 0.3) is 0 Å². The first-order chi connectivity index (χ1) is 14.6. The van der Waals surface area contributed by atoms with Crippen LogP contribution in [0.15, 0.2) is 24.3 Å². The minimum atomic E-state index is -5.78. The van der Waals surface area contributed by atoms with Crippen LogP contribution in [0.1, 0.15) is 11.1 Å². The Morgan fingerprint density at radius 1 is 0.500 bits per heavy atom. The van der Waals surface area contributed by atoms with Gasteiger partial charge in [-0.2, -0.15) is 0 Å². The molecule has 0 fully saturated rings. The fraction of sp³-hybridized carbons (Fsp3) is 0.176. The third-order valence-corrected chi connectivity index (χ3v) is 7.33. The van der Waals surface area contributed by atoms with Crippen LogP contribution < -0.4 is 252 Å². The van der Waals surface area contributed by atoms with Crippen LogP contribution in [0.25, 0.3) is 12.2 Å². The predicted octanol–water partition coefficient (Wildman–Crippen LogP) is -24.7. The zero-order valence-corrected chi connectivity index (χ0v) is 37.4. The third kappa shape index (κ3) is 14.3. The summed E-state index contributed by atoms with van der Waals surface area (Å²) in [5.41, 5.74) is -0.320. The van der Waals surface area contributed by atoms with E-state index in [1.54, 1.807) is 0 Å². The second kappa shape index (κ2) is 22.1. The van der Waals surface area contributed by atoms with E-state index in [1.807, 2.05) is 0 Å². The van der Waals surface area contributed by atoms with Crippen LogP contribution in [0.4, 0.5) is 0 Å². The van der Waals surface area contributed by atoms with Crippen LogP contribution in [-0.2, 0) is 0 Å². The third-order valence-electron chi connectivity index (χ3n) is 4.14. The molecule has 0 heterocycles. The molecule has 2 aromatic rings. The van der Waals surface area contributed by atoms with Crippen LogP contribution in [-0.4, -0.2) is 21.3 Å². The maximum absolute atomic E-state index is 11.8. The van der Waals surface area contributed by atoms with E-state index in [4.69, 9.17) is 14.2 Å². The van der Waals surface area contributed by atoms with E-state index in [9.17, 15) is 44.0 Å². The molecular formula is C17H15Na6O12P3. The molecule has 0 amide bonds. The van der Waals surface area contributed by atoms with Crippen molar-refractivity contribution in [3.63, 3.8) is 0 Å². The molecule has 0 saturated carbocycles. The maximum atomic E-state index is 11.8. The molecule has 0 aromatic heterocycles. The number of ether oxygens (including phenoxy) is 3. The molecule has 2 aromatic carbocycles. The summed E-state index contributed by atoms with van der Waals surface area (Å²) in [6, 6.07) is 4.26. The quantitative estimate of drug-likeness (QED) is 0.148. The fourth-order valence-electron chi connectivity index (χ4n) is 2.89. The Kier molecular flexibility index (Phi) is 30.3. The van der Waals surface area contributed by atoms with Crippen LogP contribution in [0.2, 0.25) is 0 Å². The fourth-order valence-corrected chi connectivity index (χ4v) is 6.14. The van der Waals surface area contributed by atoms with Gasteiger partial charge in [-0.3, -0.25) is 0 Å². The van der Waals surface area contributed by atoms with Crippen molar-refractivity contribution in [2.45, 2.75) is 0 Å². The number of hydrogen-bond donors (Lipinski definition) is 0. The molecule has 0 bridgehead atoms. The molecule has 0 spiro atoms. The first-order valence-electron chi connectivity index (χ1n) is 8.38. The molecule has 0 radical (unpaired) electrons. The number of rotatable bonds is 8. The molecule has 0 aliphatic heterocycles. The molecule has 0 aliphatic rings. The van der Waals surface area contributed by atoms with Gasteiger partial charge in [0.2, 0.25) is 0 Å². The smallest absolute Gasteiger partial charge is 0.683 e. The van der Waals surface area contributed by atoms with Crippen molar-refractivity contribution in [2.24, 2.45) is 0 Å². The number of hydrogen-bond acceptors (Lipinski definition) is 12. The average molecular weight is 642 g/mol. The summed E-state index contributed by atoms with van der Waals surface area (Å²) >= 11 is 0. The van der Waals surface area contributed by atoms with Crippen molar-refractivity contribution < 1.29 is 236 Å². The molecule has 0 aliphatic carbocycles. The van der Waals surface area contributed by atoms with E-state index in [-0.39, 0.29) is 194 Å². The summed E-state index contributed by atoms with van der Waals surface area (Å²) in [5.74, 6) is -1.35. The Bertz CT molecular complexity index is 1000. The first kappa shape index (κ1) is 52.1. The van der Waals surface area contributed by atoms with E-state index in [2.05, 4.69) is 0 Å². The van der Waals surface area contributed by atoms with Crippen molar-refractivity contribution in [1.82, 2.24) is 0 Å². The van der Waals surface area contributed by atoms with Gasteiger partial charge in [-0.15, -0.1) is 23.8 Å². The molecule has 21 heteroatoms. The van der Waals surface area contributed by atoms with Gasteiger partial charge < -0.3 is 58.3 Å². The minimum absolute atomic E-state index is 0. The largest absolute Gasteiger partial charge is 1.00 e. The topological polar surface area (TPSA) is 235 Å². The van der Waals surface area contributed by atoms with E-state index >= 15 is 0 Å². The Morgan fingerprint density at radius 3 is 1.18 bits per heavy atom. The van der Waals surface area contributed by atoms with E-state index in [0.717, 1.165) is 57.7 Å². The Morgan fingerprint density at radius 2 is 0.868 bits per heavy atom. The molecule has 0 saturated heterocycles. The van der Waals surface area contributed by atoms with E-state index in [0.29, 0.717) is 0 Å². The number of benzene rings is 2. The molecule has 38 heavy (non-hydrogen) atoms. The van der Waals surface area contributed by atoms with Crippen LogP contribution >= 0.6 is 23.8 Å². The summed E-state index contributed by atoms with van der Waals surface area (Å²) in [6.07, 6.45) is 2.15. The molecule has 0 atom stereocenters. The zero-order valence-electron chi connectivity index (χ0n) is 22.7. The van der Waals surface area contributed by atoms with Crippen molar-refractivity contribution in [3.8, 4) is 17.2 Å². The van der Waals surface area contributed by atoms with Gasteiger partial charge in [0.1, 0.15) is 5.30 Å². The van der Waals surface area contributed by atoms with Gasteiger partial charge in [0.15, 0.2) is 27.9 Å². The zero-order chi connectivity index (χ0) is 24.5. The van der Waals surface area contributed by atoms with Gasteiger partial charge >= 0.3 is 177 Å². The second-order valence-electron chi connectivity index (χ2n) is 6.15. The molecule has 0 unspecified atom stereocenters. The Hall–Kier alpha value is 4.51. The van der Waals surface area contributed by atoms with Gasteiger partial charge in [-0.1, -0.05) is 12.2 Å². The van der Waals surface area contributed by atoms with Crippen LogP contribution in [0.3, 0.4) is 0 Å². The molecular weight excluding hydrogens is 627 g/mol. The molecule has 176 valence electrons. The second-order valence-corrected chi connectivity index (χ2v) is 10.5. The van der Waals surface area contributed by atoms with Crippen LogP contribution in [0, 0.1) is 0 Å². The van der Waals surface area contributed by atoms with Crippen molar-refractivity contribution >= 4 is 51.9 Å². The normalized spacial score (nSPS) is 10.8. The monoisotopic (exact) mass is 642 g/mol. The SMILES string of the molecule is COc1cc(/C=C/c2ccc(OC)c([P+]([O-])([O-])[O-])c2[P+]([O-])([O-])[O-])cc(OC)c1[P+]([O-])([O-])[O-].[Na+].[Na+].[Na+].[Na+].[Na+].[Na+]. The molecule has 2 rings (SSSR count). The number of methoxy groups -OCH3 is 3. The summed E-state index contributed by atoms with van der Waals surface area (Å²) in [7, 11) is -13.7. The van der Waals surface area contributed by atoms with Gasteiger partial charge in [-0.25, -0.2) is 0 Å². The average Bonchev–Trinajstić information content (AvgIpc) is 2.68. The maximum Gasteiger partial charge on any atom is 1.00 e. The summed E-state index contributed by atoms with van der Waals surface area (Å²) in [5, 5.41) is -3.32. The molecule has 0 N–H and O–H groups in total. The summed E-state index contributed by atoms with van der Waals surface area (Å²) in [6.45, 7) is 0. The van der Waals surface area contributed by atoms with Gasteiger partial charge in [-0.05, 0) is 29.8 Å². The summed E-state index contributed by atoms with van der Waals surface area (Å²) in [4.78, 5) is 105. The van der Waals surface area contributed by atoms with Crippen molar-refractivity contribution in [2.75, 3.05) is 21.3 Å². The Balaban J connectivity index is -0.000000605. The Labute approximate surface area is 355 Å². The summed E-state index contributed by atoms with van der Waals surface area (Å²) < 4.78 is 14.5. The van der Waals surface area contributed by atoms with Crippen molar-refractivity contribution in [3.05, 3.63) is 35.4 Å². The van der Waals surface area contributed by atoms with E-state index in [1.165, 1.54) is 0 Å². The van der Waals surface area contributed by atoms with E-state index < -0.39 is 51.1 Å². The standard InChI is InChI=1S/C17H21O12P3.6Na/c1-27-12-7-6-11(15(30(18,19)20)17(12)32(24,25)26)5-4-10-8-13(28-2)16(31(21,22)23)14(9-10)29-3;;;;;;/h4-9H,1-3H3,(H2,18,19,20)(H2,21,22,23)(H2,24,25,26);;;;;;/q;6*+1/p-6/b5-4+;;;;;;. The van der Waals surface area contributed by atoms with Gasteiger partial charge in [0, 0.05) is 5.56 Å². The predicted molar refractivity (Wildman–Crippen MR) is 101 cm³/mol.